The van der Waals surface area contributed by atoms with E-state index in [2.05, 4.69) is 4.89 Å². The van der Waals surface area contributed by atoms with E-state index < -0.39 is 11.9 Å². The van der Waals surface area contributed by atoms with E-state index in [1.54, 1.807) is 6.92 Å². The van der Waals surface area contributed by atoms with Crippen molar-refractivity contribution < 1.29 is 19.7 Å². The molecule has 1 N–H and O–H groups in total. The van der Waals surface area contributed by atoms with Gasteiger partial charge in [0.05, 0.1) is 5.92 Å². The lowest BCUT2D eigenvalue weighted by molar-refractivity contribution is -0.239. The second-order valence-corrected chi connectivity index (χ2v) is 2.42. The van der Waals surface area contributed by atoms with Crippen LogP contribution in [0.25, 0.3) is 0 Å². The molecule has 0 bridgehead atoms. The highest BCUT2D eigenvalue weighted by molar-refractivity contribution is 5.82. The number of hydrogen-bond donors (Lipinski definition) is 1. The van der Waals surface area contributed by atoms with Crippen LogP contribution in [0, 0.1) is 5.92 Å². The van der Waals surface area contributed by atoms with Gasteiger partial charge in [0.25, 0.3) is 0 Å². The Morgan fingerprint density at radius 2 is 2.09 bits per heavy atom. The molecule has 0 spiro atoms. The van der Waals surface area contributed by atoms with Gasteiger partial charge < -0.3 is 9.68 Å². The van der Waals surface area contributed by atoms with Crippen LogP contribution in [-0.2, 0) is 14.5 Å². The molecule has 0 heterocycles. The van der Waals surface area contributed by atoms with Crippen LogP contribution in [0.5, 0.6) is 0 Å². The largest absolute Gasteiger partial charge is 0.345 e. The average Bonchev–Trinajstić information content (AvgIpc) is 1.98. The summed E-state index contributed by atoms with van der Waals surface area (Å²) >= 11 is 0. The van der Waals surface area contributed by atoms with E-state index in [0.717, 1.165) is 0 Å². The van der Waals surface area contributed by atoms with Gasteiger partial charge in [0.15, 0.2) is 0 Å². The highest BCUT2D eigenvalue weighted by Gasteiger charge is 2.19. The summed E-state index contributed by atoms with van der Waals surface area (Å²) in [5.41, 5.74) is 0. The second kappa shape index (κ2) is 4.85. The summed E-state index contributed by atoms with van der Waals surface area (Å²) in [6, 6.07) is 0. The van der Waals surface area contributed by atoms with Gasteiger partial charge in [-0.25, -0.2) is 4.79 Å². The van der Waals surface area contributed by atoms with E-state index in [1.807, 2.05) is 0 Å². The summed E-state index contributed by atoms with van der Waals surface area (Å²) in [6.07, 6.45) is 0.634. The van der Waals surface area contributed by atoms with E-state index >= 15 is 0 Å². The van der Waals surface area contributed by atoms with Crippen molar-refractivity contribution in [1.82, 2.24) is 0 Å². The van der Waals surface area contributed by atoms with Crippen molar-refractivity contribution in [2.24, 2.45) is 5.92 Å². The maximum Gasteiger partial charge on any atom is 0.345 e. The third-order valence-corrected chi connectivity index (χ3v) is 1.45. The quantitative estimate of drug-likeness (QED) is 0.492. The molecule has 1 atom stereocenters. The zero-order valence-electron chi connectivity index (χ0n) is 6.66. The van der Waals surface area contributed by atoms with Gasteiger partial charge in [0.1, 0.15) is 5.78 Å². The molecule has 0 amide bonds. The molecule has 0 fully saturated rings. The topological polar surface area (TPSA) is 63.6 Å². The Morgan fingerprint density at radius 1 is 1.55 bits per heavy atom. The monoisotopic (exact) mass is 160 g/mol. The van der Waals surface area contributed by atoms with Crippen LogP contribution in [0.2, 0.25) is 0 Å². The first kappa shape index (κ1) is 10.1. The molecule has 0 aromatic heterocycles. The van der Waals surface area contributed by atoms with Crippen LogP contribution in [0.15, 0.2) is 0 Å². The first-order valence-electron chi connectivity index (χ1n) is 3.46. The fraction of sp³-hybridized carbons (Fsp3) is 0.714. The van der Waals surface area contributed by atoms with E-state index in [9.17, 15) is 9.59 Å². The van der Waals surface area contributed by atoms with Gasteiger partial charge in [-0.05, 0) is 13.3 Å². The third-order valence-electron chi connectivity index (χ3n) is 1.45. The highest BCUT2D eigenvalue weighted by Crippen LogP contribution is 2.09. The summed E-state index contributed by atoms with van der Waals surface area (Å²) in [6.45, 7) is 3.15. The Labute approximate surface area is 65.1 Å². The molecule has 0 radical (unpaired) electrons. The van der Waals surface area contributed by atoms with Crippen molar-refractivity contribution in [3.05, 3.63) is 0 Å². The molecule has 0 aliphatic rings. The summed E-state index contributed by atoms with van der Waals surface area (Å²) in [5.74, 6) is -1.32. The molecule has 0 saturated heterocycles. The van der Waals surface area contributed by atoms with Crippen LogP contribution in [0.3, 0.4) is 0 Å². The lowest BCUT2D eigenvalue weighted by Gasteiger charge is -2.07. The Bertz CT molecular complexity index is 153. The predicted molar refractivity (Wildman–Crippen MR) is 37.8 cm³/mol. The fourth-order valence-electron chi connectivity index (χ4n) is 0.816. The fourth-order valence-corrected chi connectivity index (χ4v) is 0.816. The van der Waals surface area contributed by atoms with E-state index in [-0.39, 0.29) is 12.2 Å². The first-order valence-corrected chi connectivity index (χ1v) is 3.46. The van der Waals surface area contributed by atoms with Crippen LogP contribution in [0.1, 0.15) is 26.7 Å². The molecule has 0 saturated carbocycles. The smallest absolute Gasteiger partial charge is 0.301 e. The highest BCUT2D eigenvalue weighted by atomic mass is 17.1. The number of rotatable bonds is 4. The Morgan fingerprint density at radius 3 is 2.36 bits per heavy atom. The standard InChI is InChI=1S/C7H12O4/c1-3-6(4-5(2)8)7(9)11-10/h6,10H,3-4H2,1-2H3. The van der Waals surface area contributed by atoms with Gasteiger partial charge >= 0.3 is 5.97 Å². The number of ketones is 1. The van der Waals surface area contributed by atoms with Crippen LogP contribution >= 0.6 is 0 Å². The van der Waals surface area contributed by atoms with Crippen molar-refractivity contribution >= 4 is 11.8 Å². The van der Waals surface area contributed by atoms with Crippen molar-refractivity contribution in [2.45, 2.75) is 26.7 Å². The van der Waals surface area contributed by atoms with Crippen LogP contribution < -0.4 is 0 Å². The van der Waals surface area contributed by atoms with Gasteiger partial charge in [-0.2, -0.15) is 5.26 Å². The van der Waals surface area contributed by atoms with Gasteiger partial charge in [-0.15, -0.1) is 0 Å². The van der Waals surface area contributed by atoms with E-state index in [1.165, 1.54) is 6.92 Å². The predicted octanol–water partition coefficient (Wildman–Crippen LogP) is 1.01. The summed E-state index contributed by atoms with van der Waals surface area (Å²) in [7, 11) is 0. The van der Waals surface area contributed by atoms with Crippen molar-refractivity contribution in [3.8, 4) is 0 Å². The van der Waals surface area contributed by atoms with Gasteiger partial charge in [-0.1, -0.05) is 6.92 Å². The lowest BCUT2D eigenvalue weighted by Crippen LogP contribution is -2.18. The molecule has 1 unspecified atom stereocenters. The van der Waals surface area contributed by atoms with Crippen molar-refractivity contribution in [2.75, 3.05) is 0 Å². The minimum Gasteiger partial charge on any atom is -0.301 e. The summed E-state index contributed by atoms with van der Waals surface area (Å²) < 4.78 is 0. The molecule has 4 heteroatoms. The molecular formula is C7H12O4. The van der Waals surface area contributed by atoms with Gasteiger partial charge in [0, 0.05) is 6.42 Å². The molecule has 11 heavy (non-hydrogen) atoms. The first-order chi connectivity index (χ1) is 5.11. The van der Waals surface area contributed by atoms with E-state index in [0.29, 0.717) is 6.42 Å². The number of carbonyl (C=O) groups excluding carboxylic acids is 2. The van der Waals surface area contributed by atoms with Crippen LogP contribution in [0.4, 0.5) is 0 Å². The molecular weight excluding hydrogens is 148 g/mol. The summed E-state index contributed by atoms with van der Waals surface area (Å²) in [4.78, 5) is 24.7. The molecule has 0 aliphatic heterocycles. The average molecular weight is 160 g/mol. The Kier molecular flexibility index (Phi) is 4.45. The van der Waals surface area contributed by atoms with E-state index in [4.69, 9.17) is 5.26 Å². The molecule has 0 aromatic carbocycles. The zero-order chi connectivity index (χ0) is 8.85. The molecule has 0 rings (SSSR count). The van der Waals surface area contributed by atoms with Gasteiger partial charge in [0.2, 0.25) is 0 Å². The third kappa shape index (κ3) is 3.72. The number of carbonyl (C=O) groups is 2. The minimum absolute atomic E-state index is 0.0812. The van der Waals surface area contributed by atoms with Crippen molar-refractivity contribution in [1.29, 1.82) is 0 Å². The Balaban J connectivity index is 3.94. The number of hydrogen-bond acceptors (Lipinski definition) is 4. The maximum absolute atomic E-state index is 10.7. The number of Topliss-reactive ketones (excluding diaryl/α,β-unsaturated/α-hetero) is 1. The molecule has 0 aromatic rings. The second-order valence-electron chi connectivity index (χ2n) is 2.42. The Hall–Kier alpha value is -0.900. The molecule has 64 valence electrons. The van der Waals surface area contributed by atoms with Crippen LogP contribution in [-0.4, -0.2) is 17.0 Å². The molecule has 0 aliphatic carbocycles. The van der Waals surface area contributed by atoms with Crippen molar-refractivity contribution in [3.63, 3.8) is 0 Å². The minimum atomic E-state index is -0.734. The normalized spacial score (nSPS) is 12.3. The summed E-state index contributed by atoms with van der Waals surface area (Å²) in [5, 5.41) is 7.99. The lowest BCUT2D eigenvalue weighted by atomic mass is 10.0. The zero-order valence-corrected chi connectivity index (χ0v) is 6.66. The maximum atomic E-state index is 10.7. The molecule has 4 nitrogen and oxygen atoms in total. The van der Waals surface area contributed by atoms with Gasteiger partial charge in [-0.3, -0.25) is 0 Å². The SMILES string of the molecule is CCC(CC(C)=O)C(=O)OO.